The molecule has 0 amide bonds. The third kappa shape index (κ3) is 4.42. The maximum Gasteiger partial charge on any atom is 0.0874 e. The van der Waals surface area contributed by atoms with Gasteiger partial charge in [-0.3, -0.25) is 0 Å². The van der Waals surface area contributed by atoms with Gasteiger partial charge in [0.25, 0.3) is 0 Å². The summed E-state index contributed by atoms with van der Waals surface area (Å²) in [7, 11) is 4.42. The van der Waals surface area contributed by atoms with Gasteiger partial charge in [-0.1, -0.05) is 53.5 Å². The zero-order valence-electron chi connectivity index (χ0n) is 20.3. The molecular weight excluding hydrogens is 465 g/mol. The number of piperazine rings is 2. The van der Waals surface area contributed by atoms with Gasteiger partial charge < -0.3 is 24.2 Å². The molecule has 0 unspecified atom stereocenters. The Balaban J connectivity index is 1.78. The molecule has 2 aromatic carbocycles. The number of hydrogen-bond acceptors (Lipinski definition) is 4. The van der Waals surface area contributed by atoms with Gasteiger partial charge in [0.15, 0.2) is 0 Å². The van der Waals surface area contributed by atoms with Crippen molar-refractivity contribution in [2.45, 2.75) is 6.92 Å². The van der Waals surface area contributed by atoms with Gasteiger partial charge in [0, 0.05) is 68.6 Å². The summed E-state index contributed by atoms with van der Waals surface area (Å²) < 4.78 is 2.36. The highest BCUT2D eigenvalue weighted by Crippen LogP contribution is 2.47. The highest BCUT2D eigenvalue weighted by Gasteiger charge is 2.32. The number of rotatable bonds is 4. The fourth-order valence-corrected chi connectivity index (χ4v) is 5.72. The maximum absolute atomic E-state index is 6.82. The zero-order chi connectivity index (χ0) is 23.8. The molecule has 0 saturated carbocycles. The predicted molar refractivity (Wildman–Crippen MR) is 145 cm³/mol. The highest BCUT2D eigenvalue weighted by molar-refractivity contribution is 6.35. The number of likely N-dealkylation sites (N-methyl/N-ethyl adjacent to an activating group) is 2. The normalized spacial score (nSPS) is 18.0. The van der Waals surface area contributed by atoms with Crippen LogP contribution in [0.5, 0.6) is 0 Å². The average molecular weight is 499 g/mol. The molecule has 2 aliphatic rings. The van der Waals surface area contributed by atoms with Gasteiger partial charge in [0.2, 0.25) is 0 Å². The molecule has 0 radical (unpaired) electrons. The summed E-state index contributed by atoms with van der Waals surface area (Å²) in [6.45, 7) is 10.5. The van der Waals surface area contributed by atoms with Crippen LogP contribution in [0.25, 0.3) is 16.9 Å². The van der Waals surface area contributed by atoms with Crippen LogP contribution in [0.15, 0.2) is 48.5 Å². The number of hydrogen-bond donors (Lipinski definition) is 0. The van der Waals surface area contributed by atoms with Crippen molar-refractivity contribution >= 4 is 34.6 Å². The molecule has 0 aliphatic carbocycles. The predicted octanol–water partition coefficient (Wildman–Crippen LogP) is 5.26. The SMILES string of the molecule is Cc1c(N2CCN(C)CC2)c(N2CCN(C)CC2)c(-c2ccccc2)n1-c1ccc(Cl)cc1Cl. The van der Waals surface area contributed by atoms with E-state index in [4.69, 9.17) is 23.2 Å². The quantitative estimate of drug-likeness (QED) is 0.488. The first-order chi connectivity index (χ1) is 16.4. The van der Waals surface area contributed by atoms with Crippen molar-refractivity contribution in [3.63, 3.8) is 0 Å². The van der Waals surface area contributed by atoms with Crippen LogP contribution >= 0.6 is 23.2 Å². The summed E-state index contributed by atoms with van der Waals surface area (Å²) in [6.07, 6.45) is 0. The second-order valence-corrected chi connectivity index (χ2v) is 10.4. The minimum absolute atomic E-state index is 0.651. The first kappa shape index (κ1) is 23.6. The lowest BCUT2D eigenvalue weighted by Crippen LogP contribution is -2.47. The first-order valence-electron chi connectivity index (χ1n) is 12.1. The maximum atomic E-state index is 6.82. The van der Waals surface area contributed by atoms with E-state index >= 15 is 0 Å². The van der Waals surface area contributed by atoms with E-state index in [9.17, 15) is 0 Å². The van der Waals surface area contributed by atoms with Crippen LogP contribution in [0.4, 0.5) is 11.4 Å². The molecule has 2 aliphatic heterocycles. The van der Waals surface area contributed by atoms with Crippen LogP contribution in [0.1, 0.15) is 5.69 Å². The van der Waals surface area contributed by atoms with Crippen LogP contribution in [0.2, 0.25) is 10.0 Å². The molecule has 0 spiro atoms. The Bertz CT molecular complexity index is 1140. The summed E-state index contributed by atoms with van der Waals surface area (Å²) in [6, 6.07) is 16.6. The lowest BCUT2D eigenvalue weighted by atomic mass is 10.1. The molecule has 2 saturated heterocycles. The number of halogens is 2. The Morgan fingerprint density at radius 2 is 1.24 bits per heavy atom. The van der Waals surface area contributed by atoms with Gasteiger partial charge in [-0.2, -0.15) is 0 Å². The molecule has 2 fully saturated rings. The summed E-state index contributed by atoms with van der Waals surface area (Å²) in [5.74, 6) is 0. The molecule has 0 bridgehead atoms. The Hall–Kier alpha value is -2.18. The van der Waals surface area contributed by atoms with Gasteiger partial charge >= 0.3 is 0 Å². The lowest BCUT2D eigenvalue weighted by Gasteiger charge is -2.39. The summed E-state index contributed by atoms with van der Waals surface area (Å²) in [4.78, 5) is 9.99. The number of anilines is 2. The third-order valence-corrected chi connectivity index (χ3v) is 7.73. The van der Waals surface area contributed by atoms with Crippen LogP contribution in [0.3, 0.4) is 0 Å². The van der Waals surface area contributed by atoms with E-state index in [1.165, 1.54) is 28.3 Å². The van der Waals surface area contributed by atoms with Gasteiger partial charge in [-0.05, 0) is 39.2 Å². The van der Waals surface area contributed by atoms with E-state index in [1.54, 1.807) is 0 Å². The lowest BCUT2D eigenvalue weighted by molar-refractivity contribution is 0.309. The first-order valence-corrected chi connectivity index (χ1v) is 12.8. The molecular formula is C27H33Cl2N5. The number of benzene rings is 2. The smallest absolute Gasteiger partial charge is 0.0874 e. The molecule has 34 heavy (non-hydrogen) atoms. The van der Waals surface area contributed by atoms with Gasteiger partial charge in [-0.15, -0.1) is 0 Å². The molecule has 3 heterocycles. The van der Waals surface area contributed by atoms with Crippen molar-refractivity contribution in [2.24, 2.45) is 0 Å². The van der Waals surface area contributed by atoms with Crippen molar-refractivity contribution in [2.75, 3.05) is 76.3 Å². The molecule has 180 valence electrons. The molecule has 5 rings (SSSR count). The van der Waals surface area contributed by atoms with E-state index < -0.39 is 0 Å². The average Bonchev–Trinajstić information content (AvgIpc) is 3.13. The minimum Gasteiger partial charge on any atom is -0.366 e. The van der Waals surface area contributed by atoms with E-state index in [0.29, 0.717) is 10.0 Å². The Morgan fingerprint density at radius 1 is 0.676 bits per heavy atom. The zero-order valence-corrected chi connectivity index (χ0v) is 21.8. The molecule has 0 N–H and O–H groups in total. The molecule has 3 aromatic rings. The van der Waals surface area contributed by atoms with Crippen LogP contribution in [-0.4, -0.2) is 80.8 Å². The molecule has 7 heteroatoms. The summed E-state index contributed by atoms with van der Waals surface area (Å²) in [5, 5.41) is 1.32. The molecule has 1 aromatic heterocycles. The highest BCUT2D eigenvalue weighted by atomic mass is 35.5. The van der Waals surface area contributed by atoms with Crippen molar-refractivity contribution in [3.8, 4) is 16.9 Å². The summed E-state index contributed by atoms with van der Waals surface area (Å²) in [5.41, 5.74) is 7.27. The minimum atomic E-state index is 0.651. The van der Waals surface area contributed by atoms with E-state index in [1.807, 2.05) is 18.2 Å². The fraction of sp³-hybridized carbons (Fsp3) is 0.407. The van der Waals surface area contributed by atoms with Crippen molar-refractivity contribution in [1.29, 1.82) is 0 Å². The standard InChI is InChI=1S/C27H33Cl2N5/c1-20-25(32-15-11-30(2)12-16-32)27(33-17-13-31(3)14-18-33)26(21-7-5-4-6-8-21)34(20)24-10-9-22(28)19-23(24)29/h4-10,19H,11-18H2,1-3H3. The third-order valence-electron chi connectivity index (χ3n) is 7.19. The van der Waals surface area contributed by atoms with Crippen molar-refractivity contribution < 1.29 is 0 Å². The van der Waals surface area contributed by atoms with Crippen LogP contribution in [-0.2, 0) is 0 Å². The van der Waals surface area contributed by atoms with Gasteiger partial charge in [-0.25, -0.2) is 0 Å². The monoisotopic (exact) mass is 497 g/mol. The topological polar surface area (TPSA) is 17.9 Å². The van der Waals surface area contributed by atoms with E-state index in [0.717, 1.165) is 58.0 Å². The van der Waals surface area contributed by atoms with Crippen molar-refractivity contribution in [3.05, 3.63) is 64.3 Å². The summed E-state index contributed by atoms with van der Waals surface area (Å²) >= 11 is 13.1. The largest absolute Gasteiger partial charge is 0.366 e. The van der Waals surface area contributed by atoms with Gasteiger partial charge in [0.05, 0.1) is 27.8 Å². The number of nitrogens with zero attached hydrogens (tertiary/aromatic N) is 5. The van der Waals surface area contributed by atoms with E-state index in [-0.39, 0.29) is 0 Å². The Labute approximate surface area is 213 Å². The second-order valence-electron chi connectivity index (χ2n) is 9.51. The number of aromatic nitrogens is 1. The van der Waals surface area contributed by atoms with Crippen LogP contribution < -0.4 is 9.80 Å². The Morgan fingerprint density at radius 3 is 1.79 bits per heavy atom. The molecule has 5 nitrogen and oxygen atoms in total. The second kappa shape index (κ2) is 9.82. The van der Waals surface area contributed by atoms with Crippen molar-refractivity contribution in [1.82, 2.24) is 14.4 Å². The van der Waals surface area contributed by atoms with E-state index in [2.05, 4.69) is 75.5 Å². The fourth-order valence-electron chi connectivity index (χ4n) is 5.23. The van der Waals surface area contributed by atoms with Gasteiger partial charge in [0.1, 0.15) is 0 Å². The molecule has 0 atom stereocenters. The Kier molecular flexibility index (Phi) is 6.81. The van der Waals surface area contributed by atoms with Crippen LogP contribution in [0, 0.1) is 6.92 Å².